The van der Waals surface area contributed by atoms with E-state index in [9.17, 15) is 18.3 Å². The first kappa shape index (κ1) is 23.7. The summed E-state index contributed by atoms with van der Waals surface area (Å²) < 4.78 is 27.9. The summed E-state index contributed by atoms with van der Waals surface area (Å²) in [5.74, 6) is 0.948. The van der Waals surface area contributed by atoms with Crippen LogP contribution in [0.1, 0.15) is 61.7 Å². The number of sulfonamides is 1. The van der Waals surface area contributed by atoms with Gasteiger partial charge in [-0.2, -0.15) is 0 Å². The van der Waals surface area contributed by atoms with Gasteiger partial charge in [0.2, 0.25) is 10.0 Å². The van der Waals surface area contributed by atoms with Crippen molar-refractivity contribution in [3.8, 4) is 0 Å². The summed E-state index contributed by atoms with van der Waals surface area (Å²) in [5, 5.41) is 16.0. The van der Waals surface area contributed by atoms with Gasteiger partial charge in [-0.3, -0.25) is 4.79 Å². The summed E-state index contributed by atoms with van der Waals surface area (Å²) in [6.07, 6.45) is 8.27. The molecule has 3 saturated carbocycles. The van der Waals surface area contributed by atoms with E-state index in [0.29, 0.717) is 28.3 Å². The largest absolute Gasteiger partial charge is 0.394 e. The lowest BCUT2D eigenvalue weighted by Crippen LogP contribution is -2.36. The van der Waals surface area contributed by atoms with E-state index >= 15 is 0 Å². The van der Waals surface area contributed by atoms with Crippen LogP contribution >= 0.6 is 0 Å². The van der Waals surface area contributed by atoms with Crippen molar-refractivity contribution in [2.24, 2.45) is 5.41 Å². The number of amides is 1. The van der Waals surface area contributed by atoms with Crippen molar-refractivity contribution in [3.05, 3.63) is 42.0 Å². The molecule has 6 rings (SSSR count). The molecule has 10 heteroatoms. The van der Waals surface area contributed by atoms with Crippen LogP contribution in [0.15, 0.2) is 41.3 Å². The van der Waals surface area contributed by atoms with Gasteiger partial charge >= 0.3 is 0 Å². The van der Waals surface area contributed by atoms with Crippen LogP contribution in [-0.2, 0) is 10.0 Å². The Morgan fingerprint density at radius 3 is 2.44 bits per heavy atom. The zero-order valence-corrected chi connectivity index (χ0v) is 21.1. The van der Waals surface area contributed by atoms with Gasteiger partial charge in [-0.25, -0.2) is 18.1 Å². The number of hydrogen-bond donors (Lipinski definition) is 4. The maximum atomic E-state index is 13.4. The van der Waals surface area contributed by atoms with Crippen molar-refractivity contribution in [2.45, 2.75) is 67.8 Å². The van der Waals surface area contributed by atoms with Crippen LogP contribution in [0, 0.1) is 5.41 Å². The number of aliphatic hydroxyl groups excluding tert-OH is 1. The molecule has 1 aromatic heterocycles. The SMILES string of the molecule is O=C(Nc1cccc(S(=O)(=O)NC2CC2)c1)c1ccc(NC2(CO)CC2)nc1N1CCC2(CC1)CC2. The molecule has 1 spiro atoms. The molecule has 0 radical (unpaired) electrons. The molecule has 4 fully saturated rings. The summed E-state index contributed by atoms with van der Waals surface area (Å²) >= 11 is 0. The van der Waals surface area contributed by atoms with Crippen molar-refractivity contribution < 1.29 is 18.3 Å². The van der Waals surface area contributed by atoms with Crippen LogP contribution in [-0.4, -0.2) is 55.7 Å². The second-order valence-corrected chi connectivity index (χ2v) is 12.7. The third kappa shape index (κ3) is 4.94. The van der Waals surface area contributed by atoms with Crippen molar-refractivity contribution >= 4 is 33.3 Å². The Kier molecular flexibility index (Phi) is 5.73. The Labute approximate surface area is 211 Å². The molecule has 0 bridgehead atoms. The fourth-order valence-corrected chi connectivity index (χ4v) is 6.33. The molecule has 9 nitrogen and oxygen atoms in total. The molecule has 0 unspecified atom stereocenters. The molecule has 4 N–H and O–H groups in total. The zero-order chi connectivity index (χ0) is 25.0. The molecule has 2 aromatic rings. The zero-order valence-electron chi connectivity index (χ0n) is 20.3. The van der Waals surface area contributed by atoms with Gasteiger partial charge in [0.1, 0.15) is 11.6 Å². The molecule has 1 aromatic carbocycles. The number of benzene rings is 1. The molecule has 1 aliphatic heterocycles. The number of anilines is 3. The van der Waals surface area contributed by atoms with Gasteiger partial charge in [0.15, 0.2) is 0 Å². The van der Waals surface area contributed by atoms with E-state index in [4.69, 9.17) is 4.98 Å². The van der Waals surface area contributed by atoms with E-state index < -0.39 is 10.0 Å². The van der Waals surface area contributed by atoms with Crippen LogP contribution in [0.4, 0.5) is 17.3 Å². The van der Waals surface area contributed by atoms with Gasteiger partial charge in [0.05, 0.1) is 22.6 Å². The maximum absolute atomic E-state index is 13.4. The minimum Gasteiger partial charge on any atom is -0.394 e. The van der Waals surface area contributed by atoms with Crippen molar-refractivity contribution in [2.75, 3.05) is 35.2 Å². The minimum atomic E-state index is -3.62. The van der Waals surface area contributed by atoms with E-state index in [2.05, 4.69) is 20.3 Å². The Morgan fingerprint density at radius 1 is 1.06 bits per heavy atom. The molecular formula is C26H33N5O4S. The highest BCUT2D eigenvalue weighted by Gasteiger charge is 2.45. The van der Waals surface area contributed by atoms with Crippen LogP contribution < -0.4 is 20.3 Å². The first-order valence-electron chi connectivity index (χ1n) is 12.9. The summed E-state index contributed by atoms with van der Waals surface area (Å²) in [7, 11) is -3.62. The quantitative estimate of drug-likeness (QED) is 0.408. The number of hydrogen-bond acceptors (Lipinski definition) is 7. The molecule has 192 valence electrons. The smallest absolute Gasteiger partial charge is 0.259 e. The van der Waals surface area contributed by atoms with Gasteiger partial charge in [0.25, 0.3) is 5.91 Å². The molecule has 4 aliphatic rings. The van der Waals surface area contributed by atoms with E-state index in [0.717, 1.165) is 51.6 Å². The highest BCUT2D eigenvalue weighted by atomic mass is 32.2. The average molecular weight is 512 g/mol. The van der Waals surface area contributed by atoms with Gasteiger partial charge in [-0.1, -0.05) is 6.07 Å². The standard InChI is InChI=1S/C26H33N5O4S/c32-17-26(10-11-26)29-22-7-6-21(23(28-22)31-14-12-25(8-9-25)13-15-31)24(33)27-19-2-1-3-20(16-19)36(34,35)30-18-4-5-18/h1-3,6-7,16,18,30,32H,4-5,8-15,17H2,(H,27,33)(H,28,29). The summed E-state index contributed by atoms with van der Waals surface area (Å²) in [6.45, 7) is 1.75. The molecule has 3 aliphatic carbocycles. The Balaban J connectivity index is 1.24. The highest BCUT2D eigenvalue weighted by molar-refractivity contribution is 7.89. The number of nitrogens with zero attached hydrogens (tertiary/aromatic N) is 2. The van der Waals surface area contributed by atoms with E-state index in [1.54, 1.807) is 24.3 Å². The number of carbonyl (C=O) groups is 1. The number of carbonyl (C=O) groups excluding carboxylic acids is 1. The average Bonchev–Trinajstić information content (AvgIpc) is 3.75. The Hall–Kier alpha value is -2.69. The van der Waals surface area contributed by atoms with Crippen molar-refractivity contribution in [3.63, 3.8) is 0 Å². The monoisotopic (exact) mass is 511 g/mol. The minimum absolute atomic E-state index is 0.00827. The molecule has 0 atom stereocenters. The molecule has 1 saturated heterocycles. The summed E-state index contributed by atoms with van der Waals surface area (Å²) in [5.41, 5.74) is 1.05. The first-order valence-corrected chi connectivity index (χ1v) is 14.4. The second-order valence-electron chi connectivity index (χ2n) is 11.0. The fraction of sp³-hybridized carbons (Fsp3) is 0.538. The lowest BCUT2D eigenvalue weighted by Gasteiger charge is -2.34. The lowest BCUT2D eigenvalue weighted by atomic mass is 9.93. The molecular weight excluding hydrogens is 478 g/mol. The number of aromatic nitrogens is 1. The third-order valence-electron chi connectivity index (χ3n) is 8.05. The van der Waals surface area contributed by atoms with Gasteiger partial charge in [0, 0.05) is 24.8 Å². The van der Waals surface area contributed by atoms with E-state index in [1.807, 2.05) is 0 Å². The number of pyridine rings is 1. The van der Waals surface area contributed by atoms with Gasteiger partial charge < -0.3 is 20.6 Å². The van der Waals surface area contributed by atoms with Crippen LogP contribution in [0.25, 0.3) is 0 Å². The summed E-state index contributed by atoms with van der Waals surface area (Å²) in [4.78, 5) is 20.6. The van der Waals surface area contributed by atoms with E-state index in [1.165, 1.54) is 25.0 Å². The lowest BCUT2D eigenvalue weighted by molar-refractivity contribution is 0.102. The predicted molar refractivity (Wildman–Crippen MR) is 138 cm³/mol. The topological polar surface area (TPSA) is 124 Å². The predicted octanol–water partition coefficient (Wildman–Crippen LogP) is 3.09. The second kappa shape index (κ2) is 8.71. The number of aliphatic hydroxyl groups is 1. The Bertz CT molecular complexity index is 1270. The fourth-order valence-electron chi connectivity index (χ4n) is 4.98. The van der Waals surface area contributed by atoms with E-state index in [-0.39, 0.29) is 29.0 Å². The maximum Gasteiger partial charge on any atom is 0.259 e. The van der Waals surface area contributed by atoms with Crippen molar-refractivity contribution in [1.82, 2.24) is 9.71 Å². The highest BCUT2D eigenvalue weighted by Crippen LogP contribution is 2.54. The molecule has 2 heterocycles. The number of nitrogens with one attached hydrogen (secondary N) is 3. The molecule has 36 heavy (non-hydrogen) atoms. The third-order valence-corrected chi connectivity index (χ3v) is 9.57. The van der Waals surface area contributed by atoms with Crippen LogP contribution in [0.2, 0.25) is 0 Å². The van der Waals surface area contributed by atoms with Gasteiger partial charge in [-0.15, -0.1) is 0 Å². The van der Waals surface area contributed by atoms with Gasteiger partial charge in [-0.05, 0) is 87.1 Å². The van der Waals surface area contributed by atoms with Crippen LogP contribution in [0.5, 0.6) is 0 Å². The number of piperidine rings is 1. The van der Waals surface area contributed by atoms with Crippen LogP contribution in [0.3, 0.4) is 0 Å². The molecule has 1 amide bonds. The first-order chi connectivity index (χ1) is 17.3. The number of rotatable bonds is 9. The van der Waals surface area contributed by atoms with Crippen molar-refractivity contribution in [1.29, 1.82) is 0 Å². The summed E-state index contributed by atoms with van der Waals surface area (Å²) in [6, 6.07) is 9.89. The normalized spacial score (nSPS) is 21.8. The Morgan fingerprint density at radius 2 is 1.81 bits per heavy atom.